The maximum atomic E-state index is 11.5. The highest BCUT2D eigenvalue weighted by Crippen LogP contribution is 2.34. The summed E-state index contributed by atoms with van der Waals surface area (Å²) in [5, 5.41) is 1.95. The fourth-order valence-corrected chi connectivity index (χ4v) is 2.13. The van der Waals surface area contributed by atoms with E-state index in [1.165, 1.54) is 7.11 Å². The van der Waals surface area contributed by atoms with Crippen molar-refractivity contribution in [1.82, 2.24) is 0 Å². The van der Waals surface area contributed by atoms with Crippen LogP contribution in [0.4, 0.5) is 0 Å². The Morgan fingerprint density at radius 2 is 2.29 bits per heavy atom. The topological polar surface area (TPSA) is 52.3 Å². The smallest absolute Gasteiger partial charge is 0.313 e. The molecule has 3 nitrogen and oxygen atoms in total. The largest absolute Gasteiger partial charge is 0.469 e. The zero-order valence-electron chi connectivity index (χ0n) is 8.61. The standard InChI is InChI=1S/C10H15NO2S/c1-10(2,9(12)13-3)8(11)7-5-4-6-14-7/h4-6,8H,11H2,1-3H3/t8-/m1/s1. The first-order valence-electron chi connectivity index (χ1n) is 4.37. The Morgan fingerprint density at radius 3 is 2.71 bits per heavy atom. The van der Waals surface area contributed by atoms with Crippen LogP contribution in [0.5, 0.6) is 0 Å². The van der Waals surface area contributed by atoms with Crippen LogP contribution in [0, 0.1) is 5.41 Å². The number of hydrogen-bond donors (Lipinski definition) is 1. The second kappa shape index (κ2) is 4.11. The molecule has 0 aliphatic carbocycles. The highest BCUT2D eigenvalue weighted by Gasteiger charge is 2.36. The van der Waals surface area contributed by atoms with Crippen molar-refractivity contribution in [2.45, 2.75) is 19.9 Å². The molecule has 4 heteroatoms. The number of carbonyl (C=O) groups excluding carboxylic acids is 1. The van der Waals surface area contributed by atoms with Crippen molar-refractivity contribution in [1.29, 1.82) is 0 Å². The van der Waals surface area contributed by atoms with E-state index in [2.05, 4.69) is 0 Å². The third-order valence-electron chi connectivity index (χ3n) is 2.34. The summed E-state index contributed by atoms with van der Waals surface area (Å²) in [6, 6.07) is 3.54. The van der Waals surface area contributed by atoms with Crippen LogP contribution < -0.4 is 5.73 Å². The van der Waals surface area contributed by atoms with Crippen molar-refractivity contribution >= 4 is 17.3 Å². The molecule has 78 valence electrons. The van der Waals surface area contributed by atoms with Gasteiger partial charge in [-0.3, -0.25) is 4.79 Å². The molecule has 1 rings (SSSR count). The Bertz CT molecular complexity index is 306. The molecule has 1 heterocycles. The van der Waals surface area contributed by atoms with E-state index < -0.39 is 5.41 Å². The molecule has 0 aromatic carbocycles. The lowest BCUT2D eigenvalue weighted by Gasteiger charge is -2.27. The fourth-order valence-electron chi connectivity index (χ4n) is 1.21. The van der Waals surface area contributed by atoms with Crippen LogP contribution in [-0.4, -0.2) is 13.1 Å². The van der Waals surface area contributed by atoms with E-state index in [0.717, 1.165) is 4.88 Å². The van der Waals surface area contributed by atoms with Gasteiger partial charge in [-0.1, -0.05) is 6.07 Å². The number of esters is 1. The van der Waals surface area contributed by atoms with Gasteiger partial charge in [0.15, 0.2) is 0 Å². The molecule has 1 atom stereocenters. The monoisotopic (exact) mass is 213 g/mol. The lowest BCUT2D eigenvalue weighted by Crippen LogP contribution is -2.36. The van der Waals surface area contributed by atoms with Gasteiger partial charge in [0.2, 0.25) is 0 Å². The number of methoxy groups -OCH3 is 1. The minimum absolute atomic E-state index is 0.279. The van der Waals surface area contributed by atoms with Crippen LogP contribution in [0.25, 0.3) is 0 Å². The van der Waals surface area contributed by atoms with Gasteiger partial charge in [0.05, 0.1) is 18.6 Å². The zero-order valence-corrected chi connectivity index (χ0v) is 9.43. The molecular weight excluding hydrogens is 198 g/mol. The Balaban J connectivity index is 2.88. The van der Waals surface area contributed by atoms with Gasteiger partial charge < -0.3 is 10.5 Å². The molecule has 0 amide bonds. The Kier molecular flexibility index (Phi) is 3.29. The summed E-state index contributed by atoms with van der Waals surface area (Å²) in [5.41, 5.74) is 5.32. The molecule has 0 fully saturated rings. The Hall–Kier alpha value is -0.870. The van der Waals surface area contributed by atoms with Gasteiger partial charge in [-0.25, -0.2) is 0 Å². The molecule has 2 N–H and O–H groups in total. The first-order valence-corrected chi connectivity index (χ1v) is 5.25. The van der Waals surface area contributed by atoms with Gasteiger partial charge in [0.1, 0.15) is 0 Å². The first-order chi connectivity index (χ1) is 6.50. The van der Waals surface area contributed by atoms with Gasteiger partial charge in [-0.05, 0) is 25.3 Å². The van der Waals surface area contributed by atoms with Crippen LogP contribution in [-0.2, 0) is 9.53 Å². The molecule has 0 spiro atoms. The maximum absolute atomic E-state index is 11.5. The van der Waals surface area contributed by atoms with E-state index in [0.29, 0.717) is 0 Å². The van der Waals surface area contributed by atoms with Gasteiger partial charge in [0.25, 0.3) is 0 Å². The second-order valence-electron chi connectivity index (χ2n) is 3.71. The van der Waals surface area contributed by atoms with Gasteiger partial charge in [-0.2, -0.15) is 0 Å². The average Bonchev–Trinajstić information content (AvgIpc) is 2.67. The molecule has 0 unspecified atom stereocenters. The predicted molar refractivity (Wildman–Crippen MR) is 57.0 cm³/mol. The van der Waals surface area contributed by atoms with Gasteiger partial charge >= 0.3 is 5.97 Å². The van der Waals surface area contributed by atoms with Crippen molar-refractivity contribution in [3.8, 4) is 0 Å². The summed E-state index contributed by atoms with van der Waals surface area (Å²) >= 11 is 1.55. The minimum Gasteiger partial charge on any atom is -0.469 e. The van der Waals surface area contributed by atoms with E-state index in [-0.39, 0.29) is 12.0 Å². The van der Waals surface area contributed by atoms with Crippen molar-refractivity contribution < 1.29 is 9.53 Å². The van der Waals surface area contributed by atoms with Crippen LogP contribution in [0.15, 0.2) is 17.5 Å². The molecular formula is C10H15NO2S. The minimum atomic E-state index is -0.681. The summed E-state index contributed by atoms with van der Waals surface area (Å²) in [7, 11) is 1.38. The number of carbonyl (C=O) groups is 1. The third-order valence-corrected chi connectivity index (χ3v) is 3.29. The highest BCUT2D eigenvalue weighted by molar-refractivity contribution is 7.10. The summed E-state index contributed by atoms with van der Waals surface area (Å²) < 4.78 is 4.72. The Labute approximate surface area is 87.9 Å². The van der Waals surface area contributed by atoms with E-state index in [1.54, 1.807) is 25.2 Å². The second-order valence-corrected chi connectivity index (χ2v) is 4.69. The van der Waals surface area contributed by atoms with Crippen molar-refractivity contribution in [3.63, 3.8) is 0 Å². The number of hydrogen-bond acceptors (Lipinski definition) is 4. The number of ether oxygens (including phenoxy) is 1. The van der Waals surface area contributed by atoms with Gasteiger partial charge in [-0.15, -0.1) is 11.3 Å². The van der Waals surface area contributed by atoms with Crippen molar-refractivity contribution in [2.24, 2.45) is 11.1 Å². The van der Waals surface area contributed by atoms with Crippen molar-refractivity contribution in [2.75, 3.05) is 7.11 Å². The lowest BCUT2D eigenvalue weighted by molar-refractivity contribution is -0.152. The molecule has 0 bridgehead atoms. The molecule has 0 radical (unpaired) electrons. The lowest BCUT2D eigenvalue weighted by atomic mass is 9.84. The highest BCUT2D eigenvalue weighted by atomic mass is 32.1. The van der Waals surface area contributed by atoms with E-state index >= 15 is 0 Å². The Morgan fingerprint density at radius 1 is 1.64 bits per heavy atom. The molecule has 0 saturated carbocycles. The molecule has 1 aromatic heterocycles. The van der Waals surface area contributed by atoms with Crippen molar-refractivity contribution in [3.05, 3.63) is 22.4 Å². The van der Waals surface area contributed by atoms with E-state index in [9.17, 15) is 4.79 Å². The number of rotatable bonds is 3. The zero-order chi connectivity index (χ0) is 10.8. The normalized spacial score (nSPS) is 13.7. The third kappa shape index (κ3) is 1.96. The number of nitrogens with two attached hydrogens (primary N) is 1. The molecule has 14 heavy (non-hydrogen) atoms. The number of thiophene rings is 1. The molecule has 0 aliphatic heterocycles. The summed E-state index contributed by atoms with van der Waals surface area (Å²) in [4.78, 5) is 12.5. The average molecular weight is 213 g/mol. The quantitative estimate of drug-likeness (QED) is 0.781. The first kappa shape index (κ1) is 11.2. The van der Waals surface area contributed by atoms with Crippen LogP contribution >= 0.6 is 11.3 Å². The van der Waals surface area contributed by atoms with Gasteiger partial charge in [0, 0.05) is 4.88 Å². The molecule has 0 aliphatic rings. The van der Waals surface area contributed by atoms with E-state index in [1.807, 2.05) is 17.5 Å². The maximum Gasteiger partial charge on any atom is 0.313 e. The van der Waals surface area contributed by atoms with Crippen LogP contribution in [0.1, 0.15) is 24.8 Å². The molecule has 0 saturated heterocycles. The SMILES string of the molecule is COC(=O)C(C)(C)[C@H](N)c1cccs1. The predicted octanol–water partition coefficient (Wildman–Crippen LogP) is 1.95. The fraction of sp³-hybridized carbons (Fsp3) is 0.500. The summed E-state index contributed by atoms with van der Waals surface area (Å²) in [6.45, 7) is 3.59. The van der Waals surface area contributed by atoms with Crippen LogP contribution in [0.2, 0.25) is 0 Å². The molecule has 1 aromatic rings. The van der Waals surface area contributed by atoms with Crippen LogP contribution in [0.3, 0.4) is 0 Å². The summed E-state index contributed by atoms with van der Waals surface area (Å²) in [6.07, 6.45) is 0. The van der Waals surface area contributed by atoms with E-state index in [4.69, 9.17) is 10.5 Å². The summed E-state index contributed by atoms with van der Waals surface area (Å²) in [5.74, 6) is -0.279.